The van der Waals surface area contributed by atoms with E-state index in [4.69, 9.17) is 16.0 Å². The molecular formula is C28H26N4O5. The van der Waals surface area contributed by atoms with E-state index in [1.165, 1.54) is 0 Å². The first-order chi connectivity index (χ1) is 17.9. The first-order valence-corrected chi connectivity index (χ1v) is 11.5. The third kappa shape index (κ3) is 7.63. The number of nitrogens with zero attached hydrogens (tertiary/aromatic N) is 3. The van der Waals surface area contributed by atoms with E-state index in [1.807, 2.05) is 6.07 Å². The van der Waals surface area contributed by atoms with Gasteiger partial charge in [0.05, 0.1) is 6.04 Å². The van der Waals surface area contributed by atoms with Crippen LogP contribution in [-0.4, -0.2) is 51.6 Å². The number of nitrogens with two attached hydrogens (primary N) is 1. The average molecular weight is 499 g/mol. The zero-order valence-corrected chi connectivity index (χ0v) is 20.0. The number of ketones is 2. The van der Waals surface area contributed by atoms with Crippen molar-refractivity contribution >= 4 is 29.8 Å². The number of ether oxygens (including phenoxy) is 1. The van der Waals surface area contributed by atoms with Crippen molar-refractivity contribution in [2.45, 2.75) is 31.5 Å². The molecule has 0 spiro atoms. The van der Waals surface area contributed by atoms with Crippen LogP contribution in [0.25, 0.3) is 5.53 Å². The summed E-state index contributed by atoms with van der Waals surface area (Å²) >= 11 is 0. The Bertz CT molecular complexity index is 1280. The molecule has 2 N–H and O–H groups in total. The molecule has 188 valence electrons. The number of carbonyl (C=O) groups is 4. The van der Waals surface area contributed by atoms with Crippen molar-refractivity contribution in [2.75, 3.05) is 0 Å². The summed E-state index contributed by atoms with van der Waals surface area (Å²) in [6.07, 6.45) is -0.794. The van der Waals surface area contributed by atoms with Crippen LogP contribution in [0.5, 0.6) is 0 Å². The van der Waals surface area contributed by atoms with Crippen molar-refractivity contribution in [3.8, 4) is 0 Å². The zero-order chi connectivity index (χ0) is 26.6. The molecule has 3 aromatic rings. The van der Waals surface area contributed by atoms with Crippen molar-refractivity contribution < 1.29 is 28.7 Å². The number of benzene rings is 3. The number of hydrogen-bond donors (Lipinski definition) is 1. The molecule has 0 aliphatic carbocycles. The number of rotatable bonds is 11. The SMILES string of the molecule is [N-]=[N+]=CC(=O)C(=O)[C@H](Cc1ccccc1)N(C(=O)OCc1ccccc1)C(=O)[C@@H](N)Cc1ccccc1. The molecule has 9 heteroatoms. The Morgan fingerprint density at radius 3 is 1.81 bits per heavy atom. The maximum atomic E-state index is 13.6. The number of Topliss-reactive ketones (excluding diaryl/α,β-unsaturated/α-hetero) is 2. The van der Waals surface area contributed by atoms with E-state index in [2.05, 4.69) is 4.79 Å². The molecule has 3 rings (SSSR count). The van der Waals surface area contributed by atoms with Gasteiger partial charge in [0, 0.05) is 6.42 Å². The number of hydrogen-bond acceptors (Lipinski definition) is 6. The van der Waals surface area contributed by atoms with Crippen molar-refractivity contribution in [3.05, 3.63) is 113 Å². The van der Waals surface area contributed by atoms with Gasteiger partial charge in [0.15, 0.2) is 0 Å². The van der Waals surface area contributed by atoms with E-state index in [0.717, 1.165) is 5.56 Å². The highest BCUT2D eigenvalue weighted by Crippen LogP contribution is 2.16. The highest BCUT2D eigenvalue weighted by Gasteiger charge is 2.41. The van der Waals surface area contributed by atoms with Crippen LogP contribution < -0.4 is 5.73 Å². The normalized spacial score (nSPS) is 11.9. The van der Waals surface area contributed by atoms with E-state index in [0.29, 0.717) is 22.2 Å². The molecule has 2 atom stereocenters. The molecule has 0 heterocycles. The average Bonchev–Trinajstić information content (AvgIpc) is 2.92. The van der Waals surface area contributed by atoms with Crippen LogP contribution in [0, 0.1) is 0 Å². The summed E-state index contributed by atoms with van der Waals surface area (Å²) in [5.74, 6) is -3.20. The molecule has 0 aliphatic heterocycles. The highest BCUT2D eigenvalue weighted by atomic mass is 16.6. The second kappa shape index (κ2) is 13.4. The van der Waals surface area contributed by atoms with E-state index in [9.17, 15) is 19.2 Å². The lowest BCUT2D eigenvalue weighted by atomic mass is 9.97. The molecule has 0 saturated carbocycles. The van der Waals surface area contributed by atoms with Gasteiger partial charge < -0.3 is 16.0 Å². The monoisotopic (exact) mass is 498 g/mol. The van der Waals surface area contributed by atoms with Gasteiger partial charge >= 0.3 is 18.1 Å². The molecule has 0 fully saturated rings. The van der Waals surface area contributed by atoms with Gasteiger partial charge in [-0.2, -0.15) is 4.79 Å². The lowest BCUT2D eigenvalue weighted by Gasteiger charge is -2.30. The van der Waals surface area contributed by atoms with Crippen molar-refractivity contribution in [2.24, 2.45) is 5.73 Å². The second-order valence-electron chi connectivity index (χ2n) is 8.22. The first-order valence-electron chi connectivity index (χ1n) is 11.5. The summed E-state index contributed by atoms with van der Waals surface area (Å²) in [5.41, 5.74) is 17.0. The van der Waals surface area contributed by atoms with Crippen LogP contribution in [0.3, 0.4) is 0 Å². The summed E-state index contributed by atoms with van der Waals surface area (Å²) in [6, 6.07) is 23.5. The van der Waals surface area contributed by atoms with Crippen LogP contribution in [0.1, 0.15) is 16.7 Å². The van der Waals surface area contributed by atoms with Crippen molar-refractivity contribution in [3.63, 3.8) is 0 Å². The molecule has 2 amide bonds. The molecule has 0 aliphatic rings. The quantitative estimate of drug-likeness (QED) is 0.186. The van der Waals surface area contributed by atoms with Crippen LogP contribution in [0.2, 0.25) is 0 Å². The molecule has 0 bridgehead atoms. The maximum absolute atomic E-state index is 13.6. The van der Waals surface area contributed by atoms with Gasteiger partial charge in [-0.1, -0.05) is 91.0 Å². The van der Waals surface area contributed by atoms with Gasteiger partial charge in [-0.05, 0) is 23.1 Å². The molecule has 9 nitrogen and oxygen atoms in total. The Morgan fingerprint density at radius 2 is 1.30 bits per heavy atom. The second-order valence-corrected chi connectivity index (χ2v) is 8.22. The van der Waals surface area contributed by atoms with Gasteiger partial charge in [0.2, 0.25) is 11.7 Å². The van der Waals surface area contributed by atoms with Crippen molar-refractivity contribution in [1.82, 2.24) is 4.90 Å². The lowest BCUT2D eigenvalue weighted by molar-refractivity contribution is -0.143. The van der Waals surface area contributed by atoms with Crippen LogP contribution >= 0.6 is 0 Å². The fourth-order valence-electron chi connectivity index (χ4n) is 3.71. The minimum Gasteiger partial charge on any atom is -0.444 e. The zero-order valence-electron chi connectivity index (χ0n) is 20.0. The predicted molar refractivity (Wildman–Crippen MR) is 135 cm³/mol. The lowest BCUT2D eigenvalue weighted by Crippen LogP contribution is -2.57. The van der Waals surface area contributed by atoms with Crippen LogP contribution in [0.4, 0.5) is 4.79 Å². The third-order valence-electron chi connectivity index (χ3n) is 5.56. The predicted octanol–water partition coefficient (Wildman–Crippen LogP) is 2.77. The van der Waals surface area contributed by atoms with Gasteiger partial charge in [-0.15, -0.1) is 0 Å². The largest absolute Gasteiger partial charge is 0.444 e. The Morgan fingerprint density at radius 1 is 0.811 bits per heavy atom. The Labute approximate surface area is 214 Å². The summed E-state index contributed by atoms with van der Waals surface area (Å²) < 4.78 is 5.38. The van der Waals surface area contributed by atoms with E-state index in [1.54, 1.807) is 84.9 Å². The number of carbonyl (C=O) groups excluding carboxylic acids is 4. The Hall–Kier alpha value is -4.72. The first kappa shape index (κ1) is 26.9. The highest BCUT2D eigenvalue weighted by molar-refractivity contribution is 6.59. The minimum atomic E-state index is -1.58. The van der Waals surface area contributed by atoms with Crippen LogP contribution in [-0.2, 0) is 38.6 Å². The van der Waals surface area contributed by atoms with Crippen LogP contribution in [0.15, 0.2) is 91.0 Å². The van der Waals surface area contributed by atoms with E-state index in [-0.39, 0.29) is 19.4 Å². The minimum absolute atomic E-state index is 0.0838. The maximum Gasteiger partial charge on any atom is 0.417 e. The summed E-state index contributed by atoms with van der Waals surface area (Å²) in [7, 11) is 0. The smallest absolute Gasteiger partial charge is 0.417 e. The van der Waals surface area contributed by atoms with Gasteiger partial charge in [0.25, 0.3) is 0 Å². The number of amides is 2. The summed E-state index contributed by atoms with van der Waals surface area (Å²) in [4.78, 5) is 55.6. The molecule has 0 saturated heterocycles. The summed E-state index contributed by atoms with van der Waals surface area (Å²) in [6.45, 7) is -0.171. The molecule has 3 aromatic carbocycles. The molecule has 0 unspecified atom stereocenters. The molecule has 0 aromatic heterocycles. The third-order valence-corrected chi connectivity index (χ3v) is 5.56. The number of imide groups is 1. The Kier molecular flexibility index (Phi) is 9.73. The molecule has 37 heavy (non-hydrogen) atoms. The van der Waals surface area contributed by atoms with Crippen molar-refractivity contribution in [1.29, 1.82) is 0 Å². The van der Waals surface area contributed by atoms with Gasteiger partial charge in [-0.25, -0.2) is 9.69 Å². The van der Waals surface area contributed by atoms with Gasteiger partial charge in [-0.3, -0.25) is 14.4 Å². The molecular weight excluding hydrogens is 472 g/mol. The standard InChI is InChI=1S/C28H26N4O5/c29-23(16-20-10-4-1-5-11-20)27(35)32(28(36)37-19-22-14-8-3-9-15-22)24(26(34)25(33)18-31-30)17-21-12-6-2-7-13-21/h1-15,18,23-24H,16-17,19,29H2/t23-,24-/m0/s1. The Balaban J connectivity index is 1.97. The van der Waals surface area contributed by atoms with Gasteiger partial charge in [0.1, 0.15) is 12.6 Å². The van der Waals surface area contributed by atoms with E-state index >= 15 is 0 Å². The molecule has 0 radical (unpaired) electrons. The fraction of sp³-hybridized carbons (Fsp3) is 0.179. The topological polar surface area (TPSA) is 143 Å². The fourth-order valence-corrected chi connectivity index (χ4v) is 3.71. The van der Waals surface area contributed by atoms with E-state index < -0.39 is 35.7 Å². The summed E-state index contributed by atoms with van der Waals surface area (Å²) in [5, 5.41) is 0.